The number of ether oxygens (including phenoxy) is 1. The van der Waals surface area contributed by atoms with E-state index < -0.39 is 0 Å². The zero-order chi connectivity index (χ0) is 11.5. The molecule has 0 aromatic carbocycles. The third-order valence-electron chi connectivity index (χ3n) is 4.45. The van der Waals surface area contributed by atoms with Crippen molar-refractivity contribution in [1.29, 1.82) is 0 Å². The van der Waals surface area contributed by atoms with Crippen molar-refractivity contribution in [3.05, 3.63) is 0 Å². The molecular weight excluding hydrogens is 200 g/mol. The van der Waals surface area contributed by atoms with Crippen LogP contribution in [0.2, 0.25) is 0 Å². The van der Waals surface area contributed by atoms with Crippen molar-refractivity contribution in [2.24, 2.45) is 0 Å². The van der Waals surface area contributed by atoms with Crippen molar-refractivity contribution in [2.45, 2.75) is 63.2 Å². The molecule has 2 fully saturated rings. The second kappa shape index (κ2) is 5.48. The summed E-state index contributed by atoms with van der Waals surface area (Å²) in [5, 5.41) is 3.46. The van der Waals surface area contributed by atoms with E-state index in [1.807, 2.05) is 0 Å². The monoisotopic (exact) mass is 226 g/mol. The Hall–Kier alpha value is -0.120. The second-order valence-corrected chi connectivity index (χ2v) is 5.42. The average molecular weight is 226 g/mol. The van der Waals surface area contributed by atoms with Crippen LogP contribution in [0.4, 0.5) is 0 Å². The van der Waals surface area contributed by atoms with E-state index in [-0.39, 0.29) is 0 Å². The topological polar surface area (TPSA) is 24.5 Å². The van der Waals surface area contributed by atoms with Crippen molar-refractivity contribution in [3.8, 4) is 0 Å². The maximum atomic E-state index is 5.20. The fourth-order valence-corrected chi connectivity index (χ4v) is 3.61. The lowest BCUT2D eigenvalue weighted by Gasteiger charge is -2.42. The molecule has 0 radical (unpaired) electrons. The third-order valence-corrected chi connectivity index (χ3v) is 4.45. The van der Waals surface area contributed by atoms with Crippen LogP contribution >= 0.6 is 0 Å². The van der Waals surface area contributed by atoms with Crippen LogP contribution in [0.3, 0.4) is 0 Å². The van der Waals surface area contributed by atoms with Crippen molar-refractivity contribution in [1.82, 2.24) is 10.2 Å². The zero-order valence-corrected chi connectivity index (χ0v) is 10.9. The van der Waals surface area contributed by atoms with Crippen molar-refractivity contribution in [3.63, 3.8) is 0 Å². The lowest BCUT2D eigenvalue weighted by Crippen LogP contribution is -2.51. The molecule has 2 rings (SSSR count). The summed E-state index contributed by atoms with van der Waals surface area (Å²) < 4.78 is 5.20. The van der Waals surface area contributed by atoms with E-state index in [1.165, 1.54) is 32.1 Å². The Balaban J connectivity index is 1.92. The Bertz CT molecular complexity index is 208. The summed E-state index contributed by atoms with van der Waals surface area (Å²) >= 11 is 0. The number of nitrogens with zero attached hydrogens (tertiary/aromatic N) is 1. The molecular formula is C13H26N2O. The molecule has 2 saturated heterocycles. The van der Waals surface area contributed by atoms with Crippen LogP contribution in [0.15, 0.2) is 0 Å². The van der Waals surface area contributed by atoms with Crippen molar-refractivity contribution >= 4 is 0 Å². The summed E-state index contributed by atoms with van der Waals surface area (Å²) in [6.45, 7) is 3.26. The molecule has 94 valence electrons. The van der Waals surface area contributed by atoms with Gasteiger partial charge < -0.3 is 10.1 Å². The molecule has 3 unspecified atom stereocenters. The summed E-state index contributed by atoms with van der Waals surface area (Å²) in [5.74, 6) is 0. The lowest BCUT2D eigenvalue weighted by molar-refractivity contribution is 0.0599. The first-order chi connectivity index (χ1) is 7.76. The number of hydrogen-bond acceptors (Lipinski definition) is 3. The predicted octanol–water partition coefficient (Wildman–Crippen LogP) is 1.63. The molecule has 3 heteroatoms. The fourth-order valence-electron chi connectivity index (χ4n) is 3.61. The number of hydrogen-bond donors (Lipinski definition) is 1. The Morgan fingerprint density at radius 3 is 2.44 bits per heavy atom. The van der Waals surface area contributed by atoms with E-state index in [2.05, 4.69) is 24.2 Å². The molecule has 1 N–H and O–H groups in total. The summed E-state index contributed by atoms with van der Waals surface area (Å²) in [5.41, 5.74) is 0. The highest BCUT2D eigenvalue weighted by Crippen LogP contribution is 2.37. The molecule has 0 amide bonds. The maximum Gasteiger partial charge on any atom is 0.0477 e. The summed E-state index contributed by atoms with van der Waals surface area (Å²) in [4.78, 5) is 2.77. The van der Waals surface area contributed by atoms with E-state index in [0.29, 0.717) is 6.04 Å². The molecule has 2 bridgehead atoms. The molecule has 0 aliphatic carbocycles. The second-order valence-electron chi connectivity index (χ2n) is 5.42. The van der Waals surface area contributed by atoms with E-state index in [9.17, 15) is 0 Å². The first-order valence-corrected chi connectivity index (χ1v) is 6.70. The lowest BCUT2D eigenvalue weighted by atomic mass is 9.95. The first kappa shape index (κ1) is 12.3. The average Bonchev–Trinajstić information content (AvgIpc) is 2.57. The Kier molecular flexibility index (Phi) is 4.22. The van der Waals surface area contributed by atoms with Gasteiger partial charge in [0.25, 0.3) is 0 Å². The molecule has 3 nitrogen and oxygen atoms in total. The Morgan fingerprint density at radius 2 is 1.94 bits per heavy atom. The highest BCUT2D eigenvalue weighted by atomic mass is 16.5. The molecule has 2 heterocycles. The summed E-state index contributed by atoms with van der Waals surface area (Å²) in [7, 11) is 3.91. The molecule has 0 aromatic rings. The van der Waals surface area contributed by atoms with Crippen LogP contribution < -0.4 is 5.32 Å². The third kappa shape index (κ3) is 2.41. The van der Waals surface area contributed by atoms with Crippen LogP contribution in [0.25, 0.3) is 0 Å². The quantitative estimate of drug-likeness (QED) is 0.771. The van der Waals surface area contributed by atoms with Crippen molar-refractivity contribution < 1.29 is 4.74 Å². The molecule has 0 saturated carbocycles. The van der Waals surface area contributed by atoms with Gasteiger partial charge in [0.15, 0.2) is 0 Å². The maximum absolute atomic E-state index is 5.20. The zero-order valence-electron chi connectivity index (χ0n) is 10.9. The first-order valence-electron chi connectivity index (χ1n) is 6.70. The number of rotatable bonds is 5. The van der Waals surface area contributed by atoms with E-state index in [0.717, 1.165) is 24.7 Å². The van der Waals surface area contributed by atoms with Gasteiger partial charge in [-0.15, -0.1) is 0 Å². The highest BCUT2D eigenvalue weighted by molar-refractivity contribution is 4.98. The molecule has 2 aliphatic rings. The number of fused-ring (bicyclic) bond motifs is 2. The van der Waals surface area contributed by atoms with E-state index >= 15 is 0 Å². The van der Waals surface area contributed by atoms with Gasteiger partial charge in [-0.2, -0.15) is 0 Å². The Labute approximate surface area is 99.5 Å². The smallest absolute Gasteiger partial charge is 0.0477 e. The predicted molar refractivity (Wildman–Crippen MR) is 66.7 cm³/mol. The number of methoxy groups -OCH3 is 1. The standard InChI is InChI=1S/C13H26N2O/c1-10(6-7-16-3)15-12-4-5-13(15)9-11(8-12)14-2/h10-14H,4-9H2,1-3H3. The van der Waals surface area contributed by atoms with Gasteiger partial charge in [0, 0.05) is 37.9 Å². The van der Waals surface area contributed by atoms with Crippen LogP contribution in [-0.2, 0) is 4.74 Å². The van der Waals surface area contributed by atoms with Gasteiger partial charge in [0.1, 0.15) is 0 Å². The molecule has 3 atom stereocenters. The molecule has 2 aliphatic heterocycles. The van der Waals surface area contributed by atoms with Crippen LogP contribution in [0.5, 0.6) is 0 Å². The van der Waals surface area contributed by atoms with Gasteiger partial charge in [-0.05, 0) is 46.1 Å². The van der Waals surface area contributed by atoms with Crippen LogP contribution in [0.1, 0.15) is 39.0 Å². The molecule has 0 aromatic heterocycles. The van der Waals surface area contributed by atoms with E-state index in [4.69, 9.17) is 4.74 Å². The van der Waals surface area contributed by atoms with E-state index in [1.54, 1.807) is 7.11 Å². The van der Waals surface area contributed by atoms with Gasteiger partial charge in [-0.3, -0.25) is 4.90 Å². The minimum absolute atomic E-state index is 0.690. The summed E-state index contributed by atoms with van der Waals surface area (Å²) in [6.07, 6.45) is 6.66. The highest BCUT2D eigenvalue weighted by Gasteiger charge is 2.41. The largest absolute Gasteiger partial charge is 0.385 e. The number of piperidine rings is 1. The van der Waals surface area contributed by atoms with Gasteiger partial charge in [-0.25, -0.2) is 0 Å². The van der Waals surface area contributed by atoms with Crippen molar-refractivity contribution in [2.75, 3.05) is 20.8 Å². The molecule has 0 spiro atoms. The fraction of sp³-hybridized carbons (Fsp3) is 1.00. The van der Waals surface area contributed by atoms with Gasteiger partial charge >= 0.3 is 0 Å². The molecule has 16 heavy (non-hydrogen) atoms. The minimum Gasteiger partial charge on any atom is -0.385 e. The number of nitrogens with one attached hydrogen (secondary N) is 1. The van der Waals surface area contributed by atoms with Gasteiger partial charge in [0.2, 0.25) is 0 Å². The normalized spacial score (nSPS) is 36.6. The van der Waals surface area contributed by atoms with Crippen LogP contribution in [-0.4, -0.2) is 49.8 Å². The van der Waals surface area contributed by atoms with Gasteiger partial charge in [0.05, 0.1) is 0 Å². The minimum atomic E-state index is 0.690. The summed E-state index contributed by atoms with van der Waals surface area (Å²) in [6, 6.07) is 3.09. The Morgan fingerprint density at radius 1 is 1.31 bits per heavy atom. The SMILES string of the molecule is CNC1CC2CCC(C1)N2C(C)CCOC. The van der Waals surface area contributed by atoms with Crippen LogP contribution in [0, 0.1) is 0 Å². The van der Waals surface area contributed by atoms with Gasteiger partial charge in [-0.1, -0.05) is 0 Å².